The van der Waals surface area contributed by atoms with E-state index in [2.05, 4.69) is 6.08 Å². The molecular formula is C12H20O2. The van der Waals surface area contributed by atoms with E-state index in [9.17, 15) is 5.11 Å². The van der Waals surface area contributed by atoms with E-state index in [0.717, 1.165) is 32.3 Å². The summed E-state index contributed by atoms with van der Waals surface area (Å²) in [5.41, 5.74) is 1.23. The van der Waals surface area contributed by atoms with Crippen LogP contribution in [0.1, 0.15) is 44.9 Å². The van der Waals surface area contributed by atoms with E-state index < -0.39 is 0 Å². The van der Waals surface area contributed by atoms with Gasteiger partial charge in [0.1, 0.15) is 6.10 Å². The molecule has 80 valence electrons. The largest absolute Gasteiger partial charge is 0.386 e. The first kappa shape index (κ1) is 10.2. The van der Waals surface area contributed by atoms with Gasteiger partial charge in [0.15, 0.2) is 0 Å². The lowest BCUT2D eigenvalue weighted by atomic mass is 9.98. The van der Waals surface area contributed by atoms with Crippen LogP contribution in [-0.2, 0) is 4.74 Å². The van der Waals surface area contributed by atoms with E-state index in [1.807, 2.05) is 0 Å². The maximum Gasteiger partial charge on any atom is 0.101 e. The standard InChI is InChI=1S/C12H20O2/c13-12(11-8-5-9-14-11)10-6-3-1-2-4-7-10/h6,11-13H,1-5,7-9H2. The summed E-state index contributed by atoms with van der Waals surface area (Å²) in [7, 11) is 0. The van der Waals surface area contributed by atoms with Gasteiger partial charge < -0.3 is 9.84 Å². The van der Waals surface area contributed by atoms with Crippen molar-refractivity contribution in [1.82, 2.24) is 0 Å². The lowest BCUT2D eigenvalue weighted by molar-refractivity contribution is 0.0156. The van der Waals surface area contributed by atoms with Crippen molar-refractivity contribution >= 4 is 0 Å². The van der Waals surface area contributed by atoms with Gasteiger partial charge in [-0.1, -0.05) is 12.5 Å². The van der Waals surface area contributed by atoms with Crippen LogP contribution in [0.5, 0.6) is 0 Å². The van der Waals surface area contributed by atoms with Crippen molar-refractivity contribution in [3.8, 4) is 0 Å². The van der Waals surface area contributed by atoms with E-state index in [0.29, 0.717) is 0 Å². The minimum atomic E-state index is -0.324. The summed E-state index contributed by atoms with van der Waals surface area (Å²) in [6.07, 6.45) is 10.2. The van der Waals surface area contributed by atoms with Crippen LogP contribution in [-0.4, -0.2) is 23.9 Å². The highest BCUT2D eigenvalue weighted by atomic mass is 16.5. The molecule has 1 fully saturated rings. The quantitative estimate of drug-likeness (QED) is 0.687. The smallest absolute Gasteiger partial charge is 0.101 e. The van der Waals surface area contributed by atoms with Gasteiger partial charge in [0, 0.05) is 6.61 Å². The number of hydrogen-bond donors (Lipinski definition) is 1. The third-order valence-electron chi connectivity index (χ3n) is 3.27. The Hall–Kier alpha value is -0.340. The van der Waals surface area contributed by atoms with Gasteiger partial charge in [0.25, 0.3) is 0 Å². The van der Waals surface area contributed by atoms with Gasteiger partial charge >= 0.3 is 0 Å². The van der Waals surface area contributed by atoms with Crippen LogP contribution in [0.15, 0.2) is 11.6 Å². The molecule has 2 heteroatoms. The van der Waals surface area contributed by atoms with Crippen LogP contribution in [0, 0.1) is 0 Å². The zero-order valence-electron chi connectivity index (χ0n) is 8.74. The van der Waals surface area contributed by atoms with Crippen molar-refractivity contribution in [3.05, 3.63) is 11.6 Å². The molecule has 2 nitrogen and oxygen atoms in total. The monoisotopic (exact) mass is 196 g/mol. The summed E-state index contributed by atoms with van der Waals surface area (Å²) < 4.78 is 5.52. The molecule has 0 radical (unpaired) electrons. The fourth-order valence-corrected chi connectivity index (χ4v) is 2.40. The van der Waals surface area contributed by atoms with E-state index in [4.69, 9.17) is 4.74 Å². The van der Waals surface area contributed by atoms with Crippen LogP contribution in [0.4, 0.5) is 0 Å². The number of aliphatic hydroxyl groups excluding tert-OH is 1. The molecular weight excluding hydrogens is 176 g/mol. The summed E-state index contributed by atoms with van der Waals surface area (Å²) in [4.78, 5) is 0. The summed E-state index contributed by atoms with van der Waals surface area (Å²) in [6, 6.07) is 0. The number of allylic oxidation sites excluding steroid dienone is 1. The van der Waals surface area contributed by atoms with Gasteiger partial charge in [-0.3, -0.25) is 0 Å². The van der Waals surface area contributed by atoms with Gasteiger partial charge in [-0.05, 0) is 44.1 Å². The van der Waals surface area contributed by atoms with E-state index in [1.165, 1.54) is 24.8 Å². The predicted octanol–water partition coefficient (Wildman–Crippen LogP) is 2.42. The van der Waals surface area contributed by atoms with Gasteiger partial charge in [0.2, 0.25) is 0 Å². The molecule has 2 atom stereocenters. The zero-order valence-corrected chi connectivity index (χ0v) is 8.74. The molecule has 2 rings (SSSR count). The number of aliphatic hydroxyl groups is 1. The fraction of sp³-hybridized carbons (Fsp3) is 0.833. The van der Waals surface area contributed by atoms with Gasteiger partial charge in [-0.25, -0.2) is 0 Å². The van der Waals surface area contributed by atoms with Gasteiger partial charge in [0.05, 0.1) is 6.10 Å². The fourth-order valence-electron chi connectivity index (χ4n) is 2.40. The lowest BCUT2D eigenvalue weighted by Gasteiger charge is -2.20. The number of rotatable bonds is 2. The molecule has 0 spiro atoms. The van der Waals surface area contributed by atoms with Crippen molar-refractivity contribution in [2.24, 2.45) is 0 Å². The van der Waals surface area contributed by atoms with Crippen molar-refractivity contribution in [2.75, 3.05) is 6.61 Å². The second kappa shape index (κ2) is 4.94. The first-order valence-electron chi connectivity index (χ1n) is 5.86. The van der Waals surface area contributed by atoms with Crippen molar-refractivity contribution in [2.45, 2.75) is 57.2 Å². The molecule has 1 heterocycles. The zero-order chi connectivity index (χ0) is 9.80. The van der Waals surface area contributed by atoms with Crippen molar-refractivity contribution < 1.29 is 9.84 Å². The van der Waals surface area contributed by atoms with Gasteiger partial charge in [-0.2, -0.15) is 0 Å². The summed E-state index contributed by atoms with van der Waals surface area (Å²) in [5, 5.41) is 10.1. The Morgan fingerprint density at radius 3 is 3.00 bits per heavy atom. The lowest BCUT2D eigenvalue weighted by Crippen LogP contribution is -2.27. The number of ether oxygens (including phenoxy) is 1. The summed E-state index contributed by atoms with van der Waals surface area (Å²) in [6.45, 7) is 0.828. The maximum atomic E-state index is 10.1. The Morgan fingerprint density at radius 2 is 2.21 bits per heavy atom. The molecule has 1 aliphatic carbocycles. The molecule has 14 heavy (non-hydrogen) atoms. The molecule has 0 amide bonds. The minimum Gasteiger partial charge on any atom is -0.386 e. The van der Waals surface area contributed by atoms with Crippen LogP contribution in [0.2, 0.25) is 0 Å². The average molecular weight is 196 g/mol. The second-order valence-corrected chi connectivity index (χ2v) is 4.37. The van der Waals surface area contributed by atoms with Crippen molar-refractivity contribution in [1.29, 1.82) is 0 Å². The van der Waals surface area contributed by atoms with Crippen LogP contribution in [0.25, 0.3) is 0 Å². The van der Waals surface area contributed by atoms with Crippen LogP contribution >= 0.6 is 0 Å². The van der Waals surface area contributed by atoms with E-state index in [-0.39, 0.29) is 12.2 Å². The number of hydrogen-bond acceptors (Lipinski definition) is 2. The normalized spacial score (nSPS) is 30.9. The first-order valence-corrected chi connectivity index (χ1v) is 5.86. The molecule has 0 aromatic heterocycles. The van der Waals surface area contributed by atoms with Gasteiger partial charge in [-0.15, -0.1) is 0 Å². The molecule has 0 saturated carbocycles. The first-order chi connectivity index (χ1) is 6.88. The van der Waals surface area contributed by atoms with Crippen LogP contribution in [0.3, 0.4) is 0 Å². The Morgan fingerprint density at radius 1 is 1.29 bits per heavy atom. The summed E-state index contributed by atoms with van der Waals surface area (Å²) in [5.74, 6) is 0. The van der Waals surface area contributed by atoms with Crippen molar-refractivity contribution in [3.63, 3.8) is 0 Å². The highest BCUT2D eigenvalue weighted by Gasteiger charge is 2.26. The molecule has 0 aromatic rings. The van der Waals surface area contributed by atoms with E-state index in [1.54, 1.807) is 0 Å². The predicted molar refractivity (Wildman–Crippen MR) is 56.1 cm³/mol. The minimum absolute atomic E-state index is 0.0827. The Kier molecular flexibility index (Phi) is 3.60. The Bertz CT molecular complexity index is 204. The third kappa shape index (κ3) is 2.37. The second-order valence-electron chi connectivity index (χ2n) is 4.37. The maximum absolute atomic E-state index is 10.1. The highest BCUT2D eigenvalue weighted by molar-refractivity contribution is 5.11. The molecule has 1 N–H and O–H groups in total. The van der Waals surface area contributed by atoms with E-state index >= 15 is 0 Å². The molecule has 0 bridgehead atoms. The molecule has 1 saturated heterocycles. The Labute approximate surface area is 86.0 Å². The summed E-state index contributed by atoms with van der Waals surface area (Å²) >= 11 is 0. The topological polar surface area (TPSA) is 29.5 Å². The highest BCUT2D eigenvalue weighted by Crippen LogP contribution is 2.26. The van der Waals surface area contributed by atoms with Crippen LogP contribution < -0.4 is 0 Å². The molecule has 0 aromatic carbocycles. The molecule has 2 aliphatic rings. The SMILES string of the molecule is OC(C1=CCCCCC1)C1CCCO1. The third-order valence-corrected chi connectivity index (χ3v) is 3.27. The average Bonchev–Trinajstić information content (AvgIpc) is 2.59. The Balaban J connectivity index is 1.94. The molecule has 2 unspecified atom stereocenters. The molecule has 1 aliphatic heterocycles.